The molecule has 8 nitrogen and oxygen atoms in total. The van der Waals surface area contributed by atoms with Crippen molar-refractivity contribution in [2.75, 3.05) is 0 Å². The molecule has 0 aliphatic carbocycles. The molecule has 0 saturated heterocycles. The van der Waals surface area contributed by atoms with Crippen LogP contribution in [0.2, 0.25) is 0 Å². The maximum Gasteiger partial charge on any atom is 0.269 e. The zero-order valence-electron chi connectivity index (χ0n) is 13.1. The maximum absolute atomic E-state index is 11.6. The first-order valence-electron chi connectivity index (χ1n) is 7.59. The van der Waals surface area contributed by atoms with E-state index in [9.17, 15) is 10.1 Å². The summed E-state index contributed by atoms with van der Waals surface area (Å²) >= 11 is 0. The summed E-state index contributed by atoms with van der Waals surface area (Å²) in [6, 6.07) is 7.39. The number of rotatable bonds is 3. The Morgan fingerprint density at radius 2 is 2.16 bits per heavy atom. The number of nitrogens with two attached hydrogens (primary N) is 1. The van der Waals surface area contributed by atoms with Crippen LogP contribution in [0.1, 0.15) is 21.6 Å². The zero-order valence-corrected chi connectivity index (χ0v) is 13.1. The molecule has 1 amide bonds. The summed E-state index contributed by atoms with van der Waals surface area (Å²) in [6.45, 7) is 1.05. The number of fused-ring (bicyclic) bond motifs is 1. The summed E-state index contributed by atoms with van der Waals surface area (Å²) in [4.78, 5) is 21.7. The minimum atomic E-state index is -0.616. The predicted molar refractivity (Wildman–Crippen MR) is 88.0 cm³/mol. The van der Waals surface area contributed by atoms with Crippen LogP contribution in [0.15, 0.2) is 42.9 Å². The van der Waals surface area contributed by atoms with Crippen molar-refractivity contribution >= 4 is 5.91 Å². The number of carbonyl (C=O) groups is 1. The summed E-state index contributed by atoms with van der Waals surface area (Å²) in [6.07, 6.45) is 6.91. The molecule has 0 bridgehead atoms. The minimum Gasteiger partial charge on any atom is -0.364 e. The standard InChI is InChI=1S/C17H13N7O/c18-10-23-8-11-2-1-3-15(12(11)9-23)24-16(6-13(22-24)17(19)25)14-7-20-4-5-21-14/h1-7H,8-9H2,(H2,19,25). The van der Waals surface area contributed by atoms with Gasteiger partial charge in [0.15, 0.2) is 11.9 Å². The van der Waals surface area contributed by atoms with Gasteiger partial charge in [0, 0.05) is 18.0 Å². The minimum absolute atomic E-state index is 0.147. The molecule has 0 unspecified atom stereocenters. The summed E-state index contributed by atoms with van der Waals surface area (Å²) in [5.74, 6) is -0.616. The Hall–Kier alpha value is -3.73. The van der Waals surface area contributed by atoms with Crippen molar-refractivity contribution in [3.05, 3.63) is 59.7 Å². The second-order valence-electron chi connectivity index (χ2n) is 5.65. The highest BCUT2D eigenvalue weighted by Crippen LogP contribution is 2.30. The van der Waals surface area contributed by atoms with Crippen molar-refractivity contribution in [3.63, 3.8) is 0 Å². The topological polar surface area (TPSA) is 114 Å². The maximum atomic E-state index is 11.6. The lowest BCUT2D eigenvalue weighted by atomic mass is 10.1. The second-order valence-corrected chi connectivity index (χ2v) is 5.65. The number of benzene rings is 1. The summed E-state index contributed by atoms with van der Waals surface area (Å²) in [5.41, 5.74) is 9.59. The van der Waals surface area contributed by atoms with E-state index in [4.69, 9.17) is 5.73 Å². The van der Waals surface area contributed by atoms with Gasteiger partial charge in [-0.3, -0.25) is 14.8 Å². The Bertz CT molecular complexity index is 1000. The van der Waals surface area contributed by atoms with E-state index in [0.29, 0.717) is 24.5 Å². The monoisotopic (exact) mass is 331 g/mol. The molecule has 8 heteroatoms. The van der Waals surface area contributed by atoms with Crippen LogP contribution in [-0.4, -0.2) is 30.6 Å². The Kier molecular flexibility index (Phi) is 3.40. The highest BCUT2D eigenvalue weighted by molar-refractivity contribution is 5.92. The van der Waals surface area contributed by atoms with Crippen molar-refractivity contribution in [3.8, 4) is 23.3 Å². The normalized spacial score (nSPS) is 12.7. The van der Waals surface area contributed by atoms with E-state index in [2.05, 4.69) is 21.3 Å². The van der Waals surface area contributed by atoms with E-state index in [1.54, 1.807) is 34.2 Å². The van der Waals surface area contributed by atoms with Gasteiger partial charge in [0.05, 0.1) is 30.7 Å². The molecule has 2 aromatic heterocycles. The first-order valence-corrected chi connectivity index (χ1v) is 7.59. The predicted octanol–water partition coefficient (Wildman–Crippen LogP) is 1.22. The number of hydrogen-bond acceptors (Lipinski definition) is 6. The summed E-state index contributed by atoms with van der Waals surface area (Å²) in [5, 5.41) is 13.5. The average molecular weight is 331 g/mol. The highest BCUT2D eigenvalue weighted by atomic mass is 16.1. The summed E-state index contributed by atoms with van der Waals surface area (Å²) in [7, 11) is 0. The third kappa shape index (κ3) is 2.48. The Morgan fingerprint density at radius 3 is 2.88 bits per heavy atom. The first-order chi connectivity index (χ1) is 12.2. The fraction of sp³-hybridized carbons (Fsp3) is 0.118. The van der Waals surface area contributed by atoms with E-state index in [1.165, 1.54) is 0 Å². The lowest BCUT2D eigenvalue weighted by Crippen LogP contribution is -2.13. The molecule has 4 rings (SSSR count). The molecule has 1 aliphatic rings. The van der Waals surface area contributed by atoms with Gasteiger partial charge in [-0.25, -0.2) is 4.68 Å². The number of hydrogen-bond donors (Lipinski definition) is 1. The van der Waals surface area contributed by atoms with Crippen molar-refractivity contribution in [1.82, 2.24) is 24.6 Å². The Labute approximate surface area is 143 Å². The Balaban J connectivity index is 1.92. The van der Waals surface area contributed by atoms with Gasteiger partial charge in [-0.15, -0.1) is 0 Å². The van der Waals surface area contributed by atoms with E-state index in [0.717, 1.165) is 16.8 Å². The van der Waals surface area contributed by atoms with Crippen molar-refractivity contribution in [2.24, 2.45) is 5.73 Å². The van der Waals surface area contributed by atoms with Gasteiger partial charge in [0.25, 0.3) is 5.91 Å². The van der Waals surface area contributed by atoms with E-state index < -0.39 is 5.91 Å². The SMILES string of the molecule is N#CN1Cc2cccc(-n3nc(C(N)=O)cc3-c3cnccn3)c2C1. The molecule has 1 aromatic carbocycles. The number of nitrogens with zero attached hydrogens (tertiary/aromatic N) is 6. The van der Waals surface area contributed by atoms with Gasteiger partial charge in [0.2, 0.25) is 0 Å². The van der Waals surface area contributed by atoms with Crippen LogP contribution < -0.4 is 5.73 Å². The fourth-order valence-electron chi connectivity index (χ4n) is 2.97. The van der Waals surface area contributed by atoms with Crippen LogP contribution in [-0.2, 0) is 13.1 Å². The van der Waals surface area contributed by atoms with Gasteiger partial charge in [-0.1, -0.05) is 12.1 Å². The van der Waals surface area contributed by atoms with Crippen LogP contribution in [0.3, 0.4) is 0 Å². The molecule has 0 fully saturated rings. The van der Waals surface area contributed by atoms with Crippen LogP contribution in [0.5, 0.6) is 0 Å². The van der Waals surface area contributed by atoms with E-state index in [1.807, 2.05) is 18.2 Å². The van der Waals surface area contributed by atoms with Gasteiger partial charge >= 0.3 is 0 Å². The number of nitriles is 1. The van der Waals surface area contributed by atoms with Gasteiger partial charge in [-0.05, 0) is 17.7 Å². The molecule has 0 spiro atoms. The molecule has 0 radical (unpaired) electrons. The smallest absolute Gasteiger partial charge is 0.269 e. The Morgan fingerprint density at radius 1 is 1.28 bits per heavy atom. The quantitative estimate of drug-likeness (QED) is 0.722. The largest absolute Gasteiger partial charge is 0.364 e. The van der Waals surface area contributed by atoms with E-state index >= 15 is 0 Å². The van der Waals surface area contributed by atoms with Crippen molar-refractivity contribution in [1.29, 1.82) is 5.26 Å². The molecule has 122 valence electrons. The number of amides is 1. The average Bonchev–Trinajstić information content (AvgIpc) is 3.26. The van der Waals surface area contributed by atoms with Gasteiger partial charge in [-0.2, -0.15) is 10.4 Å². The lowest BCUT2D eigenvalue weighted by Gasteiger charge is -2.11. The number of primary amides is 1. The highest BCUT2D eigenvalue weighted by Gasteiger charge is 2.24. The molecular weight excluding hydrogens is 318 g/mol. The van der Waals surface area contributed by atoms with E-state index in [-0.39, 0.29) is 5.69 Å². The first kappa shape index (κ1) is 14.8. The molecule has 3 aromatic rings. The van der Waals surface area contributed by atoms with Crippen LogP contribution in [0, 0.1) is 11.5 Å². The van der Waals surface area contributed by atoms with Crippen molar-refractivity contribution < 1.29 is 4.79 Å². The third-order valence-corrected chi connectivity index (χ3v) is 4.12. The van der Waals surface area contributed by atoms with Gasteiger partial charge < -0.3 is 10.6 Å². The van der Waals surface area contributed by atoms with Gasteiger partial charge in [0.1, 0.15) is 5.69 Å². The fourth-order valence-corrected chi connectivity index (χ4v) is 2.97. The molecule has 25 heavy (non-hydrogen) atoms. The molecule has 3 heterocycles. The van der Waals surface area contributed by atoms with Crippen LogP contribution in [0.25, 0.3) is 17.1 Å². The number of aromatic nitrogens is 4. The third-order valence-electron chi connectivity index (χ3n) is 4.12. The number of carbonyl (C=O) groups excluding carboxylic acids is 1. The lowest BCUT2D eigenvalue weighted by molar-refractivity contribution is 0.0995. The van der Waals surface area contributed by atoms with Crippen LogP contribution in [0.4, 0.5) is 0 Å². The molecule has 0 atom stereocenters. The summed E-state index contributed by atoms with van der Waals surface area (Å²) < 4.78 is 1.64. The van der Waals surface area contributed by atoms with Crippen LogP contribution >= 0.6 is 0 Å². The zero-order chi connectivity index (χ0) is 17.4. The van der Waals surface area contributed by atoms with Crippen molar-refractivity contribution in [2.45, 2.75) is 13.1 Å². The molecule has 1 aliphatic heterocycles. The molecular formula is C17H13N7O. The second kappa shape index (κ2) is 5.72. The molecule has 0 saturated carbocycles. The molecule has 2 N–H and O–H groups in total.